The predicted octanol–water partition coefficient (Wildman–Crippen LogP) is 3.21. The minimum Gasteiger partial charge on any atom is -0.303 e. The van der Waals surface area contributed by atoms with Gasteiger partial charge in [-0.05, 0) is 39.8 Å². The van der Waals surface area contributed by atoms with Crippen molar-refractivity contribution in [1.29, 1.82) is 0 Å². The molecule has 0 fully saturated rings. The molecule has 0 aliphatic heterocycles. The van der Waals surface area contributed by atoms with E-state index in [0.29, 0.717) is 5.56 Å². The molecule has 0 bridgehead atoms. The van der Waals surface area contributed by atoms with Crippen LogP contribution in [-0.2, 0) is 0 Å². The molecule has 0 aliphatic rings. The third kappa shape index (κ3) is 5.29. The van der Waals surface area contributed by atoms with E-state index in [9.17, 15) is 9.18 Å². The van der Waals surface area contributed by atoms with Crippen LogP contribution in [0.5, 0.6) is 0 Å². The number of ketones is 1. The van der Waals surface area contributed by atoms with E-state index in [1.54, 1.807) is 19.1 Å². The SMILES string of the molecule is CC(NC(C)(C)C)C(=O)c1cccc(F)c1.Cl. The second kappa shape index (κ2) is 6.12. The molecule has 1 atom stereocenters. The van der Waals surface area contributed by atoms with Crippen LogP contribution in [0.4, 0.5) is 4.39 Å². The highest BCUT2D eigenvalue weighted by Gasteiger charge is 2.20. The number of Topliss-reactive ketones (excluding diaryl/α,β-unsaturated/α-hetero) is 1. The lowest BCUT2D eigenvalue weighted by Gasteiger charge is -2.25. The van der Waals surface area contributed by atoms with E-state index in [2.05, 4.69) is 5.32 Å². The third-order valence-corrected chi connectivity index (χ3v) is 2.15. The summed E-state index contributed by atoms with van der Waals surface area (Å²) in [6, 6.07) is 5.46. The molecule has 1 aromatic rings. The van der Waals surface area contributed by atoms with E-state index in [1.165, 1.54) is 12.1 Å². The van der Waals surface area contributed by atoms with Crippen LogP contribution in [0.25, 0.3) is 0 Å². The van der Waals surface area contributed by atoms with Crippen molar-refractivity contribution < 1.29 is 9.18 Å². The van der Waals surface area contributed by atoms with Crippen molar-refractivity contribution in [2.24, 2.45) is 0 Å². The Morgan fingerprint density at radius 2 is 1.94 bits per heavy atom. The zero-order valence-electron chi connectivity index (χ0n) is 10.6. The maximum absolute atomic E-state index is 13.0. The average molecular weight is 260 g/mol. The summed E-state index contributed by atoms with van der Waals surface area (Å²) in [5, 5.41) is 3.16. The Labute approximate surface area is 108 Å². The van der Waals surface area contributed by atoms with Gasteiger partial charge in [-0.15, -0.1) is 12.4 Å². The second-order valence-corrected chi connectivity index (χ2v) is 4.99. The molecule has 0 saturated carbocycles. The van der Waals surface area contributed by atoms with Gasteiger partial charge in [0, 0.05) is 11.1 Å². The second-order valence-electron chi connectivity index (χ2n) is 4.99. The van der Waals surface area contributed by atoms with Crippen LogP contribution in [-0.4, -0.2) is 17.4 Å². The van der Waals surface area contributed by atoms with E-state index in [0.717, 1.165) is 0 Å². The van der Waals surface area contributed by atoms with Crippen LogP contribution in [0.1, 0.15) is 38.1 Å². The van der Waals surface area contributed by atoms with Gasteiger partial charge in [0.15, 0.2) is 5.78 Å². The Morgan fingerprint density at radius 1 is 1.35 bits per heavy atom. The zero-order chi connectivity index (χ0) is 12.3. The normalized spacial score (nSPS) is 12.8. The highest BCUT2D eigenvalue weighted by atomic mass is 35.5. The first-order valence-corrected chi connectivity index (χ1v) is 5.37. The minimum absolute atomic E-state index is 0. The highest BCUT2D eigenvalue weighted by molar-refractivity contribution is 5.99. The number of hydrogen-bond donors (Lipinski definition) is 1. The van der Waals surface area contributed by atoms with Gasteiger partial charge in [0.25, 0.3) is 0 Å². The molecular weight excluding hydrogens is 241 g/mol. The fourth-order valence-corrected chi connectivity index (χ4v) is 1.61. The maximum Gasteiger partial charge on any atom is 0.179 e. The van der Waals surface area contributed by atoms with Gasteiger partial charge in [0.1, 0.15) is 5.82 Å². The van der Waals surface area contributed by atoms with Crippen molar-refractivity contribution >= 4 is 18.2 Å². The number of rotatable bonds is 3. The monoisotopic (exact) mass is 259 g/mol. The molecule has 1 rings (SSSR count). The van der Waals surface area contributed by atoms with Gasteiger partial charge in [-0.25, -0.2) is 4.39 Å². The molecule has 0 aromatic heterocycles. The van der Waals surface area contributed by atoms with Gasteiger partial charge in [-0.1, -0.05) is 12.1 Å². The molecule has 0 heterocycles. The molecule has 0 radical (unpaired) electrons. The quantitative estimate of drug-likeness (QED) is 0.845. The molecule has 1 N–H and O–H groups in total. The predicted molar refractivity (Wildman–Crippen MR) is 70.3 cm³/mol. The van der Waals surface area contributed by atoms with Crippen LogP contribution in [0.2, 0.25) is 0 Å². The lowest BCUT2D eigenvalue weighted by molar-refractivity contribution is 0.0935. The molecule has 0 aliphatic carbocycles. The molecule has 17 heavy (non-hydrogen) atoms. The van der Waals surface area contributed by atoms with Crippen LogP contribution >= 0.6 is 12.4 Å². The van der Waals surface area contributed by atoms with Gasteiger partial charge in [0.05, 0.1) is 6.04 Å². The van der Waals surface area contributed by atoms with Gasteiger partial charge >= 0.3 is 0 Å². The van der Waals surface area contributed by atoms with E-state index in [1.807, 2.05) is 20.8 Å². The standard InChI is InChI=1S/C13H18FNO.ClH/c1-9(15-13(2,3)4)12(16)10-6-5-7-11(14)8-10;/h5-9,15H,1-4H3;1H. The van der Waals surface area contributed by atoms with Gasteiger partial charge in [-0.3, -0.25) is 4.79 Å². The summed E-state index contributed by atoms with van der Waals surface area (Å²) in [6.07, 6.45) is 0. The molecule has 0 saturated heterocycles. The Morgan fingerprint density at radius 3 is 2.41 bits per heavy atom. The number of nitrogens with one attached hydrogen (secondary N) is 1. The molecule has 1 aromatic carbocycles. The Bertz CT molecular complexity index is 387. The molecular formula is C13H19ClFNO. The summed E-state index contributed by atoms with van der Waals surface area (Å²) in [5.74, 6) is -0.469. The van der Waals surface area contributed by atoms with Crippen molar-refractivity contribution in [3.8, 4) is 0 Å². The lowest BCUT2D eigenvalue weighted by atomic mass is 10.0. The molecule has 1 unspecified atom stereocenters. The molecule has 0 spiro atoms. The van der Waals surface area contributed by atoms with Crippen molar-refractivity contribution in [2.75, 3.05) is 0 Å². The fourth-order valence-electron chi connectivity index (χ4n) is 1.61. The number of hydrogen-bond acceptors (Lipinski definition) is 2. The summed E-state index contributed by atoms with van der Waals surface area (Å²) in [4.78, 5) is 11.9. The summed E-state index contributed by atoms with van der Waals surface area (Å²) in [5.41, 5.74) is 0.270. The highest BCUT2D eigenvalue weighted by Crippen LogP contribution is 2.09. The van der Waals surface area contributed by atoms with Crippen molar-refractivity contribution in [1.82, 2.24) is 5.32 Å². The number of halogens is 2. The van der Waals surface area contributed by atoms with Gasteiger partial charge < -0.3 is 5.32 Å². The van der Waals surface area contributed by atoms with E-state index in [-0.39, 0.29) is 35.6 Å². The zero-order valence-corrected chi connectivity index (χ0v) is 11.4. The van der Waals surface area contributed by atoms with Crippen molar-refractivity contribution in [2.45, 2.75) is 39.3 Å². The number of benzene rings is 1. The van der Waals surface area contributed by atoms with Crippen LogP contribution in [0.3, 0.4) is 0 Å². The lowest BCUT2D eigenvalue weighted by Crippen LogP contribution is -2.46. The van der Waals surface area contributed by atoms with Crippen LogP contribution in [0, 0.1) is 5.82 Å². The molecule has 2 nitrogen and oxygen atoms in total. The summed E-state index contributed by atoms with van der Waals surface area (Å²) in [6.45, 7) is 7.76. The van der Waals surface area contributed by atoms with Crippen LogP contribution < -0.4 is 5.32 Å². The fraction of sp³-hybridized carbons (Fsp3) is 0.462. The number of carbonyl (C=O) groups is 1. The molecule has 96 valence electrons. The average Bonchev–Trinajstić information content (AvgIpc) is 2.14. The maximum atomic E-state index is 13.0. The van der Waals surface area contributed by atoms with Crippen LogP contribution in [0.15, 0.2) is 24.3 Å². The van der Waals surface area contributed by atoms with Crippen molar-refractivity contribution in [3.63, 3.8) is 0 Å². The van der Waals surface area contributed by atoms with Gasteiger partial charge in [0.2, 0.25) is 0 Å². The summed E-state index contributed by atoms with van der Waals surface area (Å²) >= 11 is 0. The van der Waals surface area contributed by atoms with E-state index in [4.69, 9.17) is 0 Å². The topological polar surface area (TPSA) is 29.1 Å². The van der Waals surface area contributed by atoms with E-state index >= 15 is 0 Å². The first kappa shape index (κ1) is 16.1. The summed E-state index contributed by atoms with van der Waals surface area (Å²) < 4.78 is 13.0. The number of carbonyl (C=O) groups excluding carboxylic acids is 1. The Balaban J connectivity index is 0.00000256. The Kier molecular flexibility index (Phi) is 5.79. The largest absolute Gasteiger partial charge is 0.303 e. The molecule has 0 amide bonds. The first-order valence-electron chi connectivity index (χ1n) is 5.37. The molecule has 4 heteroatoms. The third-order valence-electron chi connectivity index (χ3n) is 2.15. The smallest absolute Gasteiger partial charge is 0.179 e. The summed E-state index contributed by atoms with van der Waals surface area (Å²) in [7, 11) is 0. The Hall–Kier alpha value is -0.930. The van der Waals surface area contributed by atoms with Gasteiger partial charge in [-0.2, -0.15) is 0 Å². The van der Waals surface area contributed by atoms with Crippen molar-refractivity contribution in [3.05, 3.63) is 35.6 Å². The van der Waals surface area contributed by atoms with E-state index < -0.39 is 0 Å². The minimum atomic E-state index is -0.381. The first-order chi connectivity index (χ1) is 7.29.